The number of nitrogens with zero attached hydrogens (tertiary/aromatic N) is 1. The summed E-state index contributed by atoms with van der Waals surface area (Å²) in [5.41, 5.74) is 0.931. The number of hydrogen-bond donors (Lipinski definition) is 2. The monoisotopic (exact) mass is 549 g/mol. The van der Waals surface area contributed by atoms with E-state index in [-0.39, 0.29) is 29.8 Å². The van der Waals surface area contributed by atoms with Crippen molar-refractivity contribution >= 4 is 41.7 Å². The fraction of sp³-hybridized carbons (Fsp3) is 0.381. The van der Waals surface area contributed by atoms with Crippen molar-refractivity contribution in [3.05, 3.63) is 47.8 Å². The Hall–Kier alpha value is -1.88. The maximum atomic E-state index is 12.9. The third-order valence-electron chi connectivity index (χ3n) is 4.15. The Labute approximate surface area is 199 Å². The molecule has 0 atom stereocenters. The molecule has 2 N–H and O–H groups in total. The van der Waals surface area contributed by atoms with Gasteiger partial charge in [-0.05, 0) is 48.6 Å². The number of methoxy groups -OCH3 is 3. The summed E-state index contributed by atoms with van der Waals surface area (Å²) in [5.74, 6) is 3.24. The lowest BCUT2D eigenvalue weighted by Gasteiger charge is -2.17. The van der Waals surface area contributed by atoms with Crippen LogP contribution < -0.4 is 24.8 Å². The molecule has 0 bridgehead atoms. The molecule has 0 fully saturated rings. The van der Waals surface area contributed by atoms with Gasteiger partial charge in [0, 0.05) is 30.6 Å². The molecule has 2 aromatic carbocycles. The molecule has 0 spiro atoms. The number of benzene rings is 2. The first-order chi connectivity index (χ1) is 14.1. The topological polar surface area (TPSA) is 64.1 Å². The third-order valence-corrected chi connectivity index (χ3v) is 5.25. The number of nitrogens with one attached hydrogen (secondary N) is 2. The van der Waals surface area contributed by atoms with Crippen LogP contribution in [0, 0.1) is 5.82 Å². The van der Waals surface area contributed by atoms with Crippen molar-refractivity contribution in [1.29, 1.82) is 0 Å². The Morgan fingerprint density at radius 1 is 0.967 bits per heavy atom. The lowest BCUT2D eigenvalue weighted by Crippen LogP contribution is -2.37. The van der Waals surface area contributed by atoms with Gasteiger partial charge in [-0.1, -0.05) is 0 Å². The molecular formula is C21H29FIN3O3S. The van der Waals surface area contributed by atoms with E-state index in [1.807, 2.05) is 12.1 Å². The van der Waals surface area contributed by atoms with E-state index in [0.717, 1.165) is 29.2 Å². The quantitative estimate of drug-likeness (QED) is 0.151. The Morgan fingerprint density at radius 3 is 2.27 bits per heavy atom. The maximum absolute atomic E-state index is 12.9. The predicted octanol–water partition coefficient (Wildman–Crippen LogP) is 4.32. The molecule has 0 aliphatic rings. The normalized spacial score (nSPS) is 10.8. The summed E-state index contributed by atoms with van der Waals surface area (Å²) in [4.78, 5) is 5.31. The molecule has 0 amide bonds. The van der Waals surface area contributed by atoms with Crippen LogP contribution in [-0.2, 0) is 6.54 Å². The van der Waals surface area contributed by atoms with Gasteiger partial charge in [-0.2, -0.15) is 0 Å². The fourth-order valence-electron chi connectivity index (χ4n) is 2.70. The average molecular weight is 549 g/mol. The highest BCUT2D eigenvalue weighted by Gasteiger charge is 2.15. The minimum atomic E-state index is -0.211. The number of ether oxygens (including phenoxy) is 3. The SMILES string of the molecule is CN=C(NCCCSc1ccc(F)cc1)NCc1ccc(OC)c(OC)c1OC.I. The van der Waals surface area contributed by atoms with Crippen molar-refractivity contribution < 1.29 is 18.6 Å². The largest absolute Gasteiger partial charge is 0.493 e. The van der Waals surface area contributed by atoms with E-state index in [9.17, 15) is 4.39 Å². The van der Waals surface area contributed by atoms with Crippen LogP contribution in [0.3, 0.4) is 0 Å². The van der Waals surface area contributed by atoms with E-state index in [2.05, 4.69) is 15.6 Å². The van der Waals surface area contributed by atoms with E-state index in [1.54, 1.807) is 52.3 Å². The molecule has 6 nitrogen and oxygen atoms in total. The molecule has 0 aromatic heterocycles. The summed E-state index contributed by atoms with van der Waals surface area (Å²) >= 11 is 1.70. The lowest BCUT2D eigenvalue weighted by atomic mass is 10.1. The number of rotatable bonds is 10. The summed E-state index contributed by atoms with van der Waals surface area (Å²) < 4.78 is 29.2. The zero-order valence-electron chi connectivity index (χ0n) is 17.7. The van der Waals surface area contributed by atoms with Crippen molar-refractivity contribution in [3.63, 3.8) is 0 Å². The summed E-state index contributed by atoms with van der Waals surface area (Å²) in [5, 5.41) is 6.57. The molecule has 0 aliphatic carbocycles. The molecule has 30 heavy (non-hydrogen) atoms. The summed E-state index contributed by atoms with van der Waals surface area (Å²) in [6, 6.07) is 10.3. The Kier molecular flexibility index (Phi) is 12.4. The highest BCUT2D eigenvalue weighted by molar-refractivity contribution is 14.0. The fourth-order valence-corrected chi connectivity index (χ4v) is 3.55. The van der Waals surface area contributed by atoms with E-state index >= 15 is 0 Å². The van der Waals surface area contributed by atoms with Crippen molar-refractivity contribution in [2.24, 2.45) is 4.99 Å². The molecule has 0 aliphatic heterocycles. The lowest BCUT2D eigenvalue weighted by molar-refractivity contribution is 0.322. The van der Waals surface area contributed by atoms with Crippen LogP contribution in [0.5, 0.6) is 17.2 Å². The number of hydrogen-bond acceptors (Lipinski definition) is 5. The first kappa shape index (κ1) is 26.2. The molecular weight excluding hydrogens is 520 g/mol. The number of aliphatic imine (C=N–C) groups is 1. The van der Waals surface area contributed by atoms with Gasteiger partial charge in [-0.3, -0.25) is 4.99 Å². The molecule has 9 heteroatoms. The standard InChI is InChI=1S/C21H28FN3O3S.HI/c1-23-21(24-12-5-13-29-17-9-7-16(22)8-10-17)25-14-15-6-11-18(26-2)20(28-4)19(15)27-3;/h6-11H,5,12-14H2,1-4H3,(H2,23,24,25);1H. The smallest absolute Gasteiger partial charge is 0.203 e. The van der Waals surface area contributed by atoms with E-state index in [1.165, 1.54) is 12.1 Å². The minimum Gasteiger partial charge on any atom is -0.493 e. The number of halogens is 2. The van der Waals surface area contributed by atoms with E-state index < -0.39 is 0 Å². The van der Waals surface area contributed by atoms with Crippen LogP contribution in [0.4, 0.5) is 4.39 Å². The average Bonchev–Trinajstić information content (AvgIpc) is 2.75. The van der Waals surface area contributed by atoms with Gasteiger partial charge in [0.1, 0.15) is 5.82 Å². The molecule has 0 unspecified atom stereocenters. The highest BCUT2D eigenvalue weighted by atomic mass is 127. The summed E-state index contributed by atoms with van der Waals surface area (Å²) in [6.07, 6.45) is 0.947. The van der Waals surface area contributed by atoms with Gasteiger partial charge in [0.2, 0.25) is 5.75 Å². The molecule has 2 rings (SSSR count). The van der Waals surface area contributed by atoms with Gasteiger partial charge in [-0.15, -0.1) is 35.7 Å². The van der Waals surface area contributed by atoms with Gasteiger partial charge in [-0.25, -0.2) is 4.39 Å². The van der Waals surface area contributed by atoms with Gasteiger partial charge < -0.3 is 24.8 Å². The van der Waals surface area contributed by atoms with Gasteiger partial charge >= 0.3 is 0 Å². The second kappa shape index (κ2) is 14.2. The highest BCUT2D eigenvalue weighted by Crippen LogP contribution is 2.39. The Morgan fingerprint density at radius 2 is 1.67 bits per heavy atom. The molecule has 0 saturated carbocycles. The van der Waals surface area contributed by atoms with Crippen molar-refractivity contribution in [2.75, 3.05) is 40.7 Å². The van der Waals surface area contributed by atoms with Gasteiger partial charge in [0.25, 0.3) is 0 Å². The number of guanidine groups is 1. The molecule has 0 saturated heterocycles. The second-order valence-electron chi connectivity index (χ2n) is 6.00. The summed E-state index contributed by atoms with van der Waals surface area (Å²) in [6.45, 7) is 1.30. The predicted molar refractivity (Wildman–Crippen MR) is 131 cm³/mol. The van der Waals surface area contributed by atoms with E-state index in [4.69, 9.17) is 14.2 Å². The zero-order chi connectivity index (χ0) is 21.1. The Balaban J connectivity index is 0.00000450. The van der Waals surface area contributed by atoms with Gasteiger partial charge in [0.05, 0.1) is 21.3 Å². The molecule has 0 radical (unpaired) electrons. The molecule has 2 aromatic rings. The van der Waals surface area contributed by atoms with Gasteiger partial charge in [0.15, 0.2) is 17.5 Å². The van der Waals surface area contributed by atoms with Crippen LogP contribution in [0.25, 0.3) is 0 Å². The van der Waals surface area contributed by atoms with Crippen LogP contribution in [-0.4, -0.2) is 46.6 Å². The first-order valence-electron chi connectivity index (χ1n) is 9.23. The third kappa shape index (κ3) is 7.75. The second-order valence-corrected chi connectivity index (χ2v) is 7.17. The maximum Gasteiger partial charge on any atom is 0.203 e. The van der Waals surface area contributed by atoms with Crippen molar-refractivity contribution in [2.45, 2.75) is 17.9 Å². The molecule has 0 heterocycles. The van der Waals surface area contributed by atoms with Crippen molar-refractivity contribution in [3.8, 4) is 17.2 Å². The Bertz CT molecular complexity index is 807. The molecule has 166 valence electrons. The van der Waals surface area contributed by atoms with Crippen LogP contribution in [0.15, 0.2) is 46.3 Å². The van der Waals surface area contributed by atoms with Crippen LogP contribution >= 0.6 is 35.7 Å². The number of thioether (sulfide) groups is 1. The summed E-state index contributed by atoms with van der Waals surface area (Å²) in [7, 11) is 6.51. The van der Waals surface area contributed by atoms with Crippen LogP contribution in [0.2, 0.25) is 0 Å². The zero-order valence-corrected chi connectivity index (χ0v) is 20.8. The first-order valence-corrected chi connectivity index (χ1v) is 10.2. The van der Waals surface area contributed by atoms with Crippen molar-refractivity contribution in [1.82, 2.24) is 10.6 Å². The minimum absolute atomic E-state index is 0. The van der Waals surface area contributed by atoms with E-state index in [0.29, 0.717) is 29.8 Å². The van der Waals surface area contributed by atoms with Crippen LogP contribution in [0.1, 0.15) is 12.0 Å².